The number of aromatic nitrogens is 1. The average molecular weight is 366 g/mol. The highest BCUT2D eigenvalue weighted by Crippen LogP contribution is 2.28. The fraction of sp³-hybridized carbons (Fsp3) is 0.471. The number of hydrogen-bond acceptors (Lipinski definition) is 5. The average Bonchev–Trinajstić information content (AvgIpc) is 2.85. The zero-order valence-electron chi connectivity index (χ0n) is 14.3. The molecule has 2 aromatic rings. The molecule has 0 bridgehead atoms. The lowest BCUT2D eigenvalue weighted by atomic mass is 10.0. The van der Waals surface area contributed by atoms with Crippen LogP contribution in [-0.2, 0) is 22.9 Å². The van der Waals surface area contributed by atoms with Gasteiger partial charge in [-0.1, -0.05) is 6.07 Å². The number of nitrogens with zero attached hydrogens (tertiary/aromatic N) is 2. The molecule has 0 saturated carbocycles. The summed E-state index contributed by atoms with van der Waals surface area (Å²) in [5.74, 6) is 0. The highest BCUT2D eigenvalue weighted by molar-refractivity contribution is 7.89. The number of aryl methyl sites for hydroxylation is 3. The van der Waals surface area contributed by atoms with E-state index in [0.717, 1.165) is 35.8 Å². The number of rotatable bonds is 5. The Hall–Kier alpha value is -1.44. The van der Waals surface area contributed by atoms with E-state index >= 15 is 0 Å². The summed E-state index contributed by atoms with van der Waals surface area (Å²) < 4.78 is 27.8. The molecule has 0 fully saturated rings. The molecule has 2 heterocycles. The molecule has 0 spiro atoms. The summed E-state index contributed by atoms with van der Waals surface area (Å²) in [7, 11) is -1.48. The van der Waals surface area contributed by atoms with Gasteiger partial charge in [0.25, 0.3) is 0 Å². The van der Waals surface area contributed by atoms with Gasteiger partial charge in [0, 0.05) is 37.1 Å². The zero-order valence-corrected chi connectivity index (χ0v) is 15.9. The van der Waals surface area contributed by atoms with Gasteiger partial charge in [0.15, 0.2) is 0 Å². The van der Waals surface area contributed by atoms with E-state index in [2.05, 4.69) is 14.6 Å². The van der Waals surface area contributed by atoms with Gasteiger partial charge in [-0.3, -0.25) is 0 Å². The van der Waals surface area contributed by atoms with Crippen molar-refractivity contribution in [2.75, 3.05) is 25.0 Å². The SMILES string of the molecule is Cc1nc(CCNS(=O)(=O)c2ccc3c(c2)N(C)CCC3)sc1C. The van der Waals surface area contributed by atoms with Gasteiger partial charge in [-0.15, -0.1) is 11.3 Å². The summed E-state index contributed by atoms with van der Waals surface area (Å²) in [5, 5.41) is 0.970. The molecule has 5 nitrogen and oxygen atoms in total. The molecule has 1 aliphatic rings. The largest absolute Gasteiger partial charge is 0.374 e. The van der Waals surface area contributed by atoms with Crippen LogP contribution in [0.2, 0.25) is 0 Å². The van der Waals surface area contributed by atoms with Crippen LogP contribution in [0.5, 0.6) is 0 Å². The summed E-state index contributed by atoms with van der Waals surface area (Å²) in [4.78, 5) is 8.09. The molecule has 1 N–H and O–H groups in total. The standard InChI is InChI=1S/C17H23N3O2S2/c1-12-13(2)23-17(19-12)8-9-18-24(21,22)15-7-6-14-5-4-10-20(3)16(14)11-15/h6-7,11,18H,4-5,8-10H2,1-3H3. The second-order valence-corrected chi connectivity index (χ2v) is 9.27. The molecule has 1 aliphatic heterocycles. The minimum absolute atomic E-state index is 0.335. The van der Waals surface area contributed by atoms with Crippen molar-refractivity contribution < 1.29 is 8.42 Å². The van der Waals surface area contributed by atoms with E-state index in [9.17, 15) is 8.42 Å². The quantitative estimate of drug-likeness (QED) is 0.885. The maximum Gasteiger partial charge on any atom is 0.240 e. The second-order valence-electron chi connectivity index (χ2n) is 6.21. The van der Waals surface area contributed by atoms with Crippen molar-refractivity contribution in [3.63, 3.8) is 0 Å². The molecule has 0 saturated heterocycles. The maximum atomic E-state index is 12.5. The normalized spacial score (nSPS) is 14.7. The lowest BCUT2D eigenvalue weighted by Gasteiger charge is -2.27. The molecule has 130 valence electrons. The fourth-order valence-electron chi connectivity index (χ4n) is 2.93. The Balaban J connectivity index is 1.70. The Labute approximate surface area is 147 Å². The number of fused-ring (bicyclic) bond motifs is 1. The van der Waals surface area contributed by atoms with Gasteiger partial charge in [0.05, 0.1) is 15.6 Å². The predicted octanol–water partition coefficient (Wildman–Crippen LogP) is 2.66. The van der Waals surface area contributed by atoms with Crippen molar-refractivity contribution in [1.29, 1.82) is 0 Å². The van der Waals surface area contributed by atoms with E-state index in [4.69, 9.17) is 0 Å². The van der Waals surface area contributed by atoms with Crippen LogP contribution in [0.1, 0.15) is 27.6 Å². The summed E-state index contributed by atoms with van der Waals surface area (Å²) in [6.45, 7) is 5.34. The summed E-state index contributed by atoms with van der Waals surface area (Å²) in [5.41, 5.74) is 3.27. The third-order valence-corrected chi connectivity index (χ3v) is 7.01. The van der Waals surface area contributed by atoms with E-state index < -0.39 is 10.0 Å². The smallest absolute Gasteiger partial charge is 0.240 e. The second kappa shape index (κ2) is 6.82. The van der Waals surface area contributed by atoms with Crippen LogP contribution in [0.15, 0.2) is 23.1 Å². The van der Waals surface area contributed by atoms with Gasteiger partial charge in [-0.2, -0.15) is 0 Å². The van der Waals surface area contributed by atoms with Crippen molar-refractivity contribution >= 4 is 27.0 Å². The molecule has 1 aromatic heterocycles. The lowest BCUT2D eigenvalue weighted by molar-refractivity contribution is 0.581. The molecule has 24 heavy (non-hydrogen) atoms. The maximum absolute atomic E-state index is 12.5. The van der Waals surface area contributed by atoms with Gasteiger partial charge >= 0.3 is 0 Å². The topological polar surface area (TPSA) is 62.3 Å². The third kappa shape index (κ3) is 3.63. The molecule has 1 aromatic carbocycles. The zero-order chi connectivity index (χ0) is 17.3. The summed E-state index contributed by atoms with van der Waals surface area (Å²) in [6, 6.07) is 5.43. The Bertz CT molecular complexity index is 824. The van der Waals surface area contributed by atoms with Crippen molar-refractivity contribution in [2.24, 2.45) is 0 Å². The van der Waals surface area contributed by atoms with Crippen molar-refractivity contribution in [3.05, 3.63) is 39.3 Å². The minimum atomic E-state index is -3.49. The molecule has 3 rings (SSSR count). The number of benzene rings is 1. The first-order chi connectivity index (χ1) is 11.4. The summed E-state index contributed by atoms with van der Waals surface area (Å²) in [6.07, 6.45) is 2.74. The van der Waals surface area contributed by atoms with Crippen LogP contribution >= 0.6 is 11.3 Å². The van der Waals surface area contributed by atoms with E-state index in [1.165, 1.54) is 10.4 Å². The molecular weight excluding hydrogens is 342 g/mol. The molecule has 0 aliphatic carbocycles. The highest BCUT2D eigenvalue weighted by atomic mass is 32.2. The van der Waals surface area contributed by atoms with Gasteiger partial charge in [-0.05, 0) is 44.4 Å². The minimum Gasteiger partial charge on any atom is -0.374 e. The van der Waals surface area contributed by atoms with E-state index in [-0.39, 0.29) is 0 Å². The number of anilines is 1. The molecule has 0 atom stereocenters. The third-order valence-electron chi connectivity index (χ3n) is 4.42. The fourth-order valence-corrected chi connectivity index (χ4v) is 4.91. The van der Waals surface area contributed by atoms with Crippen molar-refractivity contribution in [1.82, 2.24) is 9.71 Å². The number of nitrogens with one attached hydrogen (secondary N) is 1. The van der Waals surface area contributed by atoms with Crippen LogP contribution in [0, 0.1) is 13.8 Å². The van der Waals surface area contributed by atoms with Crippen LogP contribution in [0.25, 0.3) is 0 Å². The molecule has 7 heteroatoms. The lowest BCUT2D eigenvalue weighted by Crippen LogP contribution is -2.28. The predicted molar refractivity (Wildman–Crippen MR) is 98.5 cm³/mol. The Kier molecular flexibility index (Phi) is 4.94. The first kappa shape index (κ1) is 17.4. The van der Waals surface area contributed by atoms with Gasteiger partial charge in [-0.25, -0.2) is 18.1 Å². The van der Waals surface area contributed by atoms with Crippen molar-refractivity contribution in [2.45, 2.75) is 38.0 Å². The van der Waals surface area contributed by atoms with Crippen LogP contribution < -0.4 is 9.62 Å². The van der Waals surface area contributed by atoms with Crippen LogP contribution in [0.4, 0.5) is 5.69 Å². The highest BCUT2D eigenvalue weighted by Gasteiger charge is 2.19. The molecule has 0 unspecified atom stereocenters. The number of thiazole rings is 1. The molecule has 0 radical (unpaired) electrons. The van der Waals surface area contributed by atoms with Gasteiger partial charge in [0.2, 0.25) is 10.0 Å². The Morgan fingerprint density at radius 1 is 1.33 bits per heavy atom. The van der Waals surface area contributed by atoms with E-state index in [1.807, 2.05) is 27.0 Å². The van der Waals surface area contributed by atoms with Gasteiger partial charge in [0.1, 0.15) is 0 Å². The Morgan fingerprint density at radius 3 is 2.83 bits per heavy atom. The number of hydrogen-bond donors (Lipinski definition) is 1. The van der Waals surface area contributed by atoms with E-state index in [1.54, 1.807) is 23.5 Å². The van der Waals surface area contributed by atoms with Crippen LogP contribution in [-0.4, -0.2) is 33.5 Å². The molecule has 0 amide bonds. The number of sulfonamides is 1. The first-order valence-corrected chi connectivity index (χ1v) is 10.4. The summed E-state index contributed by atoms with van der Waals surface area (Å²) >= 11 is 1.63. The monoisotopic (exact) mass is 365 g/mol. The molecular formula is C17H23N3O2S2. The van der Waals surface area contributed by atoms with Crippen LogP contribution in [0.3, 0.4) is 0 Å². The van der Waals surface area contributed by atoms with Crippen molar-refractivity contribution in [3.8, 4) is 0 Å². The first-order valence-electron chi connectivity index (χ1n) is 8.13. The Morgan fingerprint density at radius 2 is 2.12 bits per heavy atom. The van der Waals surface area contributed by atoms with Gasteiger partial charge < -0.3 is 4.90 Å². The van der Waals surface area contributed by atoms with E-state index in [0.29, 0.717) is 17.9 Å².